The van der Waals surface area contributed by atoms with Crippen molar-refractivity contribution in [3.63, 3.8) is 0 Å². The predicted octanol–water partition coefficient (Wildman–Crippen LogP) is 2.88. The molecule has 0 saturated heterocycles. The Morgan fingerprint density at radius 3 is 2.89 bits per heavy atom. The number of aryl methyl sites for hydroxylation is 2. The normalized spacial score (nSPS) is 13.9. The van der Waals surface area contributed by atoms with Crippen LogP contribution in [-0.4, -0.2) is 19.2 Å². The number of guanidine groups is 1. The van der Waals surface area contributed by atoms with Crippen LogP contribution >= 0.6 is 24.0 Å². The molecule has 1 aliphatic carbocycles. The molecule has 0 bridgehead atoms. The molecule has 1 aromatic rings. The molecule has 2 rings (SSSR count). The molecule has 0 aromatic heterocycles. The van der Waals surface area contributed by atoms with Crippen LogP contribution in [0.1, 0.15) is 24.0 Å². The molecule has 3 N–H and O–H groups in total. The molecule has 0 heterocycles. The Hall–Kier alpha value is -0.850. The number of rotatable bonds is 4. The first kappa shape index (κ1) is 15.2. The molecular weight excluding hydrogens is 344 g/mol. The van der Waals surface area contributed by atoms with Gasteiger partial charge >= 0.3 is 0 Å². The highest BCUT2D eigenvalue weighted by Crippen LogP contribution is 2.24. The monoisotopic (exact) mass is 363 g/mol. The largest absolute Gasteiger partial charge is 0.370 e. The number of aliphatic imine (C=N–C) groups is 1. The summed E-state index contributed by atoms with van der Waals surface area (Å²) in [6.07, 6.45) is 3.98. The highest BCUT2D eigenvalue weighted by Gasteiger charge is 2.10. The molecule has 0 aliphatic heterocycles. The molecule has 5 heteroatoms. The van der Waals surface area contributed by atoms with Crippen LogP contribution in [0, 0.1) is 0 Å². The summed E-state index contributed by atoms with van der Waals surface area (Å²) in [5.74, 6) is 0.358. The van der Waals surface area contributed by atoms with Gasteiger partial charge in [-0.15, -0.1) is 24.0 Å². The molecule has 100 valence electrons. The summed E-state index contributed by atoms with van der Waals surface area (Å²) in [4.78, 5) is 4.05. The number of nitrogens with one attached hydrogen (secondary N) is 1. The Balaban J connectivity index is 0.00000162. The molecule has 0 radical (unpaired) electrons. The third kappa shape index (κ3) is 4.12. The third-order valence-corrected chi connectivity index (χ3v) is 2.94. The number of nitrogens with two attached hydrogens (primary N) is 1. The molecule has 0 atom stereocenters. The molecule has 1 aromatic carbocycles. The van der Waals surface area contributed by atoms with E-state index in [1.165, 1.54) is 24.0 Å². The van der Waals surface area contributed by atoms with Gasteiger partial charge in [-0.1, -0.05) is 6.07 Å². The van der Waals surface area contributed by atoms with E-state index in [4.69, 9.17) is 5.73 Å². The molecule has 0 unspecified atom stereocenters. The molecular formula is C13H19FIN3. The summed E-state index contributed by atoms with van der Waals surface area (Å²) in [5.41, 5.74) is 9.50. The minimum Gasteiger partial charge on any atom is -0.370 e. The van der Waals surface area contributed by atoms with Crippen molar-refractivity contribution in [2.24, 2.45) is 10.7 Å². The van der Waals surface area contributed by atoms with Crippen molar-refractivity contribution in [2.75, 3.05) is 18.5 Å². The fraction of sp³-hybridized carbons (Fsp3) is 0.462. The van der Waals surface area contributed by atoms with Crippen LogP contribution < -0.4 is 11.1 Å². The zero-order chi connectivity index (χ0) is 12.1. The zero-order valence-electron chi connectivity index (χ0n) is 10.3. The topological polar surface area (TPSA) is 50.4 Å². The highest BCUT2D eigenvalue weighted by atomic mass is 127. The van der Waals surface area contributed by atoms with Gasteiger partial charge in [0.15, 0.2) is 5.96 Å². The van der Waals surface area contributed by atoms with Gasteiger partial charge in [0.05, 0.1) is 6.67 Å². The number of fused-ring (bicyclic) bond motifs is 1. The van der Waals surface area contributed by atoms with Gasteiger partial charge in [-0.05, 0) is 48.9 Å². The standard InChI is InChI=1S/C13H18FN3.HI/c14-7-2-8-16-13(15)17-12-6-5-10-3-1-4-11(10)9-12;/h5-6,9H,1-4,7-8H2,(H3,15,16,17);1H. The first-order valence-corrected chi connectivity index (χ1v) is 6.04. The SMILES string of the molecule is I.NC(=NCCCF)Nc1ccc2c(c1)CCC2. The summed E-state index contributed by atoms with van der Waals surface area (Å²) >= 11 is 0. The predicted molar refractivity (Wildman–Crippen MR) is 84.6 cm³/mol. The van der Waals surface area contributed by atoms with Gasteiger partial charge in [0, 0.05) is 12.2 Å². The van der Waals surface area contributed by atoms with E-state index < -0.39 is 0 Å². The Kier molecular flexibility index (Phi) is 6.38. The molecule has 18 heavy (non-hydrogen) atoms. The molecule has 0 spiro atoms. The van der Waals surface area contributed by atoms with Crippen molar-refractivity contribution in [2.45, 2.75) is 25.7 Å². The van der Waals surface area contributed by atoms with Crippen LogP contribution in [0.3, 0.4) is 0 Å². The fourth-order valence-electron chi connectivity index (χ4n) is 2.10. The van der Waals surface area contributed by atoms with Crippen molar-refractivity contribution in [3.8, 4) is 0 Å². The van der Waals surface area contributed by atoms with E-state index in [1.807, 2.05) is 6.07 Å². The van der Waals surface area contributed by atoms with Gasteiger partial charge in [-0.2, -0.15) is 0 Å². The zero-order valence-corrected chi connectivity index (χ0v) is 12.6. The van der Waals surface area contributed by atoms with Gasteiger partial charge in [-0.3, -0.25) is 9.38 Å². The Bertz CT molecular complexity index is 421. The lowest BCUT2D eigenvalue weighted by Crippen LogP contribution is -2.23. The summed E-state index contributed by atoms with van der Waals surface area (Å²) in [7, 11) is 0. The average Bonchev–Trinajstić information content (AvgIpc) is 2.76. The second kappa shape index (κ2) is 7.56. The van der Waals surface area contributed by atoms with Crippen LogP contribution in [0.5, 0.6) is 0 Å². The van der Waals surface area contributed by atoms with E-state index in [1.54, 1.807) is 0 Å². The highest BCUT2D eigenvalue weighted by molar-refractivity contribution is 14.0. The summed E-state index contributed by atoms with van der Waals surface area (Å²) < 4.78 is 11.9. The average molecular weight is 363 g/mol. The summed E-state index contributed by atoms with van der Waals surface area (Å²) in [6, 6.07) is 6.28. The maximum absolute atomic E-state index is 11.9. The molecule has 0 fully saturated rings. The maximum atomic E-state index is 11.9. The van der Waals surface area contributed by atoms with E-state index in [0.29, 0.717) is 18.9 Å². The minimum atomic E-state index is -0.352. The number of nitrogens with zero attached hydrogens (tertiary/aromatic N) is 1. The number of hydrogen-bond acceptors (Lipinski definition) is 1. The van der Waals surface area contributed by atoms with E-state index in [-0.39, 0.29) is 30.7 Å². The number of hydrogen-bond donors (Lipinski definition) is 2. The molecule has 0 saturated carbocycles. The second-order valence-electron chi connectivity index (χ2n) is 4.27. The van der Waals surface area contributed by atoms with Gasteiger partial charge < -0.3 is 11.1 Å². The van der Waals surface area contributed by atoms with Gasteiger partial charge in [-0.25, -0.2) is 0 Å². The van der Waals surface area contributed by atoms with Gasteiger partial charge in [0.1, 0.15) is 0 Å². The molecule has 3 nitrogen and oxygen atoms in total. The Morgan fingerprint density at radius 2 is 2.11 bits per heavy atom. The lowest BCUT2D eigenvalue weighted by Gasteiger charge is -2.07. The van der Waals surface area contributed by atoms with Crippen molar-refractivity contribution in [1.29, 1.82) is 0 Å². The molecule has 0 amide bonds. The Morgan fingerprint density at radius 1 is 1.33 bits per heavy atom. The van der Waals surface area contributed by atoms with Crippen molar-refractivity contribution < 1.29 is 4.39 Å². The second-order valence-corrected chi connectivity index (χ2v) is 4.27. The van der Waals surface area contributed by atoms with Gasteiger partial charge in [0.2, 0.25) is 0 Å². The molecule has 1 aliphatic rings. The summed E-state index contributed by atoms with van der Waals surface area (Å²) in [6.45, 7) is 0.0793. The van der Waals surface area contributed by atoms with Crippen molar-refractivity contribution >= 4 is 35.6 Å². The van der Waals surface area contributed by atoms with Crippen LogP contribution in [0.4, 0.5) is 10.1 Å². The van der Waals surface area contributed by atoms with E-state index in [2.05, 4.69) is 22.4 Å². The van der Waals surface area contributed by atoms with Gasteiger partial charge in [0.25, 0.3) is 0 Å². The van der Waals surface area contributed by atoms with E-state index in [9.17, 15) is 4.39 Å². The van der Waals surface area contributed by atoms with E-state index in [0.717, 1.165) is 12.1 Å². The first-order chi connectivity index (χ1) is 8.29. The fourth-order valence-corrected chi connectivity index (χ4v) is 2.10. The van der Waals surface area contributed by atoms with Crippen LogP contribution in [0.2, 0.25) is 0 Å². The summed E-state index contributed by atoms with van der Waals surface area (Å²) in [5, 5.41) is 3.04. The van der Waals surface area contributed by atoms with Crippen LogP contribution in [-0.2, 0) is 12.8 Å². The minimum absolute atomic E-state index is 0. The quantitative estimate of drug-likeness (QED) is 0.374. The maximum Gasteiger partial charge on any atom is 0.193 e. The number of halogens is 2. The number of anilines is 1. The van der Waals surface area contributed by atoms with Crippen molar-refractivity contribution in [3.05, 3.63) is 29.3 Å². The first-order valence-electron chi connectivity index (χ1n) is 6.04. The number of benzene rings is 1. The Labute approximate surface area is 124 Å². The van der Waals surface area contributed by atoms with E-state index >= 15 is 0 Å². The lowest BCUT2D eigenvalue weighted by atomic mass is 10.1. The number of alkyl halides is 1. The van der Waals surface area contributed by atoms with Crippen LogP contribution in [0.25, 0.3) is 0 Å². The van der Waals surface area contributed by atoms with Crippen LogP contribution in [0.15, 0.2) is 23.2 Å². The smallest absolute Gasteiger partial charge is 0.193 e. The lowest BCUT2D eigenvalue weighted by molar-refractivity contribution is 0.477. The third-order valence-electron chi connectivity index (χ3n) is 2.94. The van der Waals surface area contributed by atoms with Crippen molar-refractivity contribution in [1.82, 2.24) is 0 Å².